The molecule has 0 aliphatic carbocycles. The predicted octanol–water partition coefficient (Wildman–Crippen LogP) is -3.35. The number of carboxylic acids is 1. The van der Waals surface area contributed by atoms with Crippen LogP contribution in [0.25, 0.3) is 4.91 Å². The number of rotatable bonds is 3. The first-order chi connectivity index (χ1) is 11.2. The molecular formula is C15H15N2NaO5S2. The molecule has 0 radical (unpaired) electrons. The fourth-order valence-corrected chi connectivity index (χ4v) is 6.18. The summed E-state index contributed by atoms with van der Waals surface area (Å²) >= 11 is 1.21. The number of sulfone groups is 1. The van der Waals surface area contributed by atoms with Crippen molar-refractivity contribution in [3.05, 3.63) is 35.7 Å². The van der Waals surface area contributed by atoms with E-state index in [0.717, 1.165) is 4.90 Å². The summed E-state index contributed by atoms with van der Waals surface area (Å²) in [5, 5.41) is 10.2. The van der Waals surface area contributed by atoms with Crippen LogP contribution in [0, 0.1) is 0 Å². The molecule has 2 fully saturated rings. The fourth-order valence-electron chi connectivity index (χ4n) is 3.22. The molecule has 3 heterocycles. The van der Waals surface area contributed by atoms with Crippen molar-refractivity contribution in [3.8, 4) is 0 Å². The Bertz CT molecular complexity index is 867. The van der Waals surface area contributed by atoms with Crippen molar-refractivity contribution >= 4 is 38.4 Å². The minimum atomic E-state index is -3.92. The van der Waals surface area contributed by atoms with E-state index in [2.05, 4.69) is 4.98 Å². The number of amides is 1. The zero-order chi connectivity index (χ0) is 17.9. The molecule has 1 aromatic rings. The van der Waals surface area contributed by atoms with E-state index in [9.17, 15) is 23.1 Å². The maximum Gasteiger partial charge on any atom is 1.00 e. The fraction of sp³-hybridized carbons (Fsp3) is 0.400. The van der Waals surface area contributed by atoms with Crippen LogP contribution >= 0.6 is 11.8 Å². The van der Waals surface area contributed by atoms with Gasteiger partial charge in [0.15, 0.2) is 15.2 Å². The minimum Gasteiger partial charge on any atom is -0.548 e. The molecule has 0 spiro atoms. The van der Waals surface area contributed by atoms with Gasteiger partial charge < -0.3 is 14.8 Å². The third-order valence-corrected chi connectivity index (χ3v) is 8.08. The maximum absolute atomic E-state index is 12.8. The molecule has 1 aromatic heterocycles. The third kappa shape index (κ3) is 2.68. The van der Waals surface area contributed by atoms with E-state index in [-0.39, 0.29) is 35.1 Å². The summed E-state index contributed by atoms with van der Waals surface area (Å²) < 4.78 is 24.1. The molecule has 2 atom stereocenters. The van der Waals surface area contributed by atoms with Gasteiger partial charge in [0.05, 0.1) is 28.0 Å². The van der Waals surface area contributed by atoms with Crippen LogP contribution in [0.15, 0.2) is 30.0 Å². The number of aliphatic carboxylic acids is 1. The monoisotopic (exact) mass is 390 g/mol. The van der Waals surface area contributed by atoms with Crippen LogP contribution in [0.1, 0.15) is 19.5 Å². The average Bonchev–Trinajstić information content (AvgIpc) is 2.67. The minimum absolute atomic E-state index is 0. The van der Waals surface area contributed by atoms with Gasteiger partial charge in [0.25, 0.3) is 5.91 Å². The van der Waals surface area contributed by atoms with Gasteiger partial charge in [-0.25, -0.2) is 8.42 Å². The van der Waals surface area contributed by atoms with Crippen molar-refractivity contribution in [1.29, 1.82) is 0 Å². The zero-order valence-electron chi connectivity index (χ0n) is 14.2. The number of nitrogens with zero attached hydrogens (tertiary/aromatic N) is 2. The summed E-state index contributed by atoms with van der Waals surface area (Å²) in [5.41, 5.74) is 0.566. The molecule has 0 bridgehead atoms. The van der Waals surface area contributed by atoms with Crippen LogP contribution in [0.2, 0.25) is 0 Å². The molecule has 1 amide bonds. The normalized spacial score (nSPS) is 27.8. The SMILES string of the molecule is CS/C(=C1\C(=O)N2[C@@H](C(=O)[O-])C(C)(C)S(=O)(=O)[C@H]12)c1ccccn1.[Na+]. The number of fused-ring (bicyclic) bond motifs is 1. The van der Waals surface area contributed by atoms with Crippen LogP contribution in [-0.4, -0.2) is 52.6 Å². The summed E-state index contributed by atoms with van der Waals surface area (Å²) in [7, 11) is -3.92. The summed E-state index contributed by atoms with van der Waals surface area (Å²) in [6.07, 6.45) is 3.26. The van der Waals surface area contributed by atoms with Gasteiger partial charge in [-0.05, 0) is 32.2 Å². The Hall–Kier alpha value is -0.870. The topological polar surface area (TPSA) is 107 Å². The molecule has 2 aliphatic rings. The zero-order valence-corrected chi connectivity index (χ0v) is 17.8. The quantitative estimate of drug-likeness (QED) is 0.302. The van der Waals surface area contributed by atoms with E-state index >= 15 is 0 Å². The van der Waals surface area contributed by atoms with Crippen LogP contribution in [0.5, 0.6) is 0 Å². The number of β-lactam (4-membered cyclic amide) rings is 1. The van der Waals surface area contributed by atoms with Gasteiger partial charge in [0, 0.05) is 11.1 Å². The number of hydrogen-bond donors (Lipinski definition) is 0. The summed E-state index contributed by atoms with van der Waals surface area (Å²) in [6, 6.07) is 3.62. The molecule has 0 saturated carbocycles. The second-order valence-electron chi connectivity index (χ2n) is 6.10. The average molecular weight is 390 g/mol. The Balaban J connectivity index is 0.00000225. The molecule has 2 saturated heterocycles. The summed E-state index contributed by atoms with van der Waals surface area (Å²) in [5.74, 6) is -2.17. The van der Waals surface area contributed by atoms with E-state index in [1.807, 2.05) is 0 Å². The predicted molar refractivity (Wildman–Crippen MR) is 87.1 cm³/mol. The van der Waals surface area contributed by atoms with Crippen LogP contribution in [-0.2, 0) is 19.4 Å². The largest absolute Gasteiger partial charge is 1.00 e. The van der Waals surface area contributed by atoms with Gasteiger partial charge in [0.1, 0.15) is 0 Å². The van der Waals surface area contributed by atoms with E-state index in [0.29, 0.717) is 10.6 Å². The molecular weight excluding hydrogens is 375 g/mol. The Labute approximate surface area is 172 Å². The standard InChI is InChI=1S/C15H16N2O5S2.Na/c1-15(2)11(14(19)20)17-12(18)9(13(17)24(15,21)22)10(23-3)8-6-4-5-7-16-8;/h4-7,11,13H,1-3H3,(H,19,20);/q;+1/p-1/b10-9+;/t11-,13+;/m0./s1. The number of thioether (sulfide) groups is 1. The molecule has 10 heteroatoms. The first kappa shape index (κ1) is 20.4. The van der Waals surface area contributed by atoms with Gasteiger partial charge in [-0.3, -0.25) is 9.78 Å². The van der Waals surface area contributed by atoms with E-state index in [1.54, 1.807) is 30.7 Å². The van der Waals surface area contributed by atoms with Gasteiger partial charge in [-0.1, -0.05) is 6.07 Å². The smallest absolute Gasteiger partial charge is 0.548 e. The molecule has 0 N–H and O–H groups in total. The number of hydrogen-bond acceptors (Lipinski definition) is 7. The molecule has 25 heavy (non-hydrogen) atoms. The van der Waals surface area contributed by atoms with Gasteiger partial charge in [-0.15, -0.1) is 11.8 Å². The second kappa shape index (κ2) is 6.70. The van der Waals surface area contributed by atoms with E-state index in [4.69, 9.17) is 0 Å². The Morgan fingerprint density at radius 1 is 1.36 bits per heavy atom. The Kier molecular flexibility index (Phi) is 5.48. The van der Waals surface area contributed by atoms with Crippen LogP contribution < -0.4 is 34.7 Å². The van der Waals surface area contributed by atoms with Crippen molar-refractivity contribution in [2.75, 3.05) is 6.26 Å². The Morgan fingerprint density at radius 3 is 2.48 bits per heavy atom. The molecule has 128 valence electrons. The van der Waals surface area contributed by atoms with Crippen LogP contribution in [0.3, 0.4) is 0 Å². The molecule has 0 aromatic carbocycles. The number of carbonyl (C=O) groups is 2. The van der Waals surface area contributed by atoms with Crippen molar-refractivity contribution in [2.24, 2.45) is 0 Å². The first-order valence-electron chi connectivity index (χ1n) is 7.12. The third-order valence-electron chi connectivity index (χ3n) is 4.50. The summed E-state index contributed by atoms with van der Waals surface area (Å²) in [4.78, 5) is 29.5. The second-order valence-corrected chi connectivity index (χ2v) is 9.50. The van der Waals surface area contributed by atoms with Crippen LogP contribution in [0.4, 0.5) is 0 Å². The van der Waals surface area contributed by atoms with Gasteiger partial charge in [0.2, 0.25) is 0 Å². The van der Waals surface area contributed by atoms with Crippen molar-refractivity contribution in [3.63, 3.8) is 0 Å². The van der Waals surface area contributed by atoms with E-state index < -0.39 is 37.9 Å². The molecule has 3 rings (SSSR count). The summed E-state index contributed by atoms with van der Waals surface area (Å²) in [6.45, 7) is 2.62. The number of carboxylic acid groups (broad SMARTS) is 1. The van der Waals surface area contributed by atoms with Gasteiger partial charge >= 0.3 is 29.6 Å². The molecule has 2 aliphatic heterocycles. The molecule has 7 nitrogen and oxygen atoms in total. The molecule has 0 unspecified atom stereocenters. The Morgan fingerprint density at radius 2 is 2.00 bits per heavy atom. The van der Waals surface area contributed by atoms with Crippen molar-refractivity contribution in [1.82, 2.24) is 9.88 Å². The maximum atomic E-state index is 12.8. The number of pyridine rings is 1. The first-order valence-corrected chi connectivity index (χ1v) is 9.90. The van der Waals surface area contributed by atoms with E-state index in [1.165, 1.54) is 25.6 Å². The van der Waals surface area contributed by atoms with Crippen molar-refractivity contribution in [2.45, 2.75) is 30.0 Å². The number of carbonyl (C=O) groups excluding carboxylic acids is 2. The van der Waals surface area contributed by atoms with Gasteiger partial charge in [-0.2, -0.15) is 0 Å². The number of aromatic nitrogens is 1. The van der Waals surface area contributed by atoms with Crippen molar-refractivity contribution < 1.29 is 52.7 Å².